The molecule has 1 amide bonds. The number of fused-ring (bicyclic) bond motifs is 2. The summed E-state index contributed by atoms with van der Waals surface area (Å²) in [5.41, 5.74) is 1.06. The lowest BCUT2D eigenvalue weighted by molar-refractivity contribution is 0.0839. The third kappa shape index (κ3) is 1.86. The molecule has 0 aromatic heterocycles. The van der Waals surface area contributed by atoms with Gasteiger partial charge < -0.3 is 15.2 Å². The Balaban J connectivity index is 1.73. The van der Waals surface area contributed by atoms with Crippen molar-refractivity contribution in [2.75, 3.05) is 0 Å². The fourth-order valence-corrected chi connectivity index (χ4v) is 2.88. The molecule has 96 valence electrons. The summed E-state index contributed by atoms with van der Waals surface area (Å²) in [4.78, 5) is 12.1. The molecule has 2 N–H and O–H groups in total. The van der Waals surface area contributed by atoms with E-state index >= 15 is 0 Å². The van der Waals surface area contributed by atoms with Crippen LogP contribution in [0.25, 0.3) is 0 Å². The molecule has 0 aliphatic carbocycles. The number of nitrogens with one attached hydrogen (secondary N) is 1. The Hall–Kier alpha value is -1.55. The van der Waals surface area contributed by atoms with Crippen LogP contribution < -0.4 is 5.32 Å². The van der Waals surface area contributed by atoms with Gasteiger partial charge in [-0.25, -0.2) is 0 Å². The summed E-state index contributed by atoms with van der Waals surface area (Å²) in [6, 6.07) is 5.30. The first-order valence-corrected chi connectivity index (χ1v) is 6.40. The normalized spacial score (nSPS) is 29.5. The number of carbonyl (C=O) groups excluding carboxylic acids is 1. The van der Waals surface area contributed by atoms with Crippen molar-refractivity contribution in [3.05, 3.63) is 29.3 Å². The lowest BCUT2D eigenvalue weighted by atomic mass is 9.95. The van der Waals surface area contributed by atoms with Crippen LogP contribution in [0.5, 0.6) is 5.75 Å². The minimum atomic E-state index is -0.211. The van der Waals surface area contributed by atoms with Crippen molar-refractivity contribution < 1.29 is 14.6 Å². The van der Waals surface area contributed by atoms with Crippen molar-refractivity contribution in [2.45, 2.75) is 44.4 Å². The van der Waals surface area contributed by atoms with E-state index < -0.39 is 0 Å². The maximum Gasteiger partial charge on any atom is 0.255 e. The van der Waals surface area contributed by atoms with Gasteiger partial charge in [0.25, 0.3) is 5.91 Å². The number of para-hydroxylation sites is 1. The Morgan fingerprint density at radius 2 is 2.28 bits per heavy atom. The first kappa shape index (κ1) is 11.5. The van der Waals surface area contributed by atoms with E-state index in [-0.39, 0.29) is 23.8 Å². The zero-order valence-electron chi connectivity index (χ0n) is 10.3. The lowest BCUT2D eigenvalue weighted by Crippen LogP contribution is -2.41. The SMILES string of the molecule is Cc1cccc(C(=O)NC2CC3CCC2O3)c1O. The average Bonchev–Trinajstić information content (AvgIpc) is 2.94. The summed E-state index contributed by atoms with van der Waals surface area (Å²) in [5.74, 6) is -0.142. The Morgan fingerprint density at radius 3 is 2.94 bits per heavy atom. The zero-order chi connectivity index (χ0) is 12.7. The van der Waals surface area contributed by atoms with E-state index in [4.69, 9.17) is 4.74 Å². The number of hydrogen-bond donors (Lipinski definition) is 2. The summed E-state index contributed by atoms with van der Waals surface area (Å²) in [6.07, 6.45) is 3.49. The number of phenols is 1. The number of aromatic hydroxyl groups is 1. The van der Waals surface area contributed by atoms with Crippen LogP contribution in [0.4, 0.5) is 0 Å². The summed E-state index contributed by atoms with van der Waals surface area (Å²) >= 11 is 0. The van der Waals surface area contributed by atoms with Crippen molar-refractivity contribution in [3.8, 4) is 5.75 Å². The van der Waals surface area contributed by atoms with Gasteiger partial charge >= 0.3 is 0 Å². The second-order valence-electron chi connectivity index (χ2n) is 5.16. The minimum absolute atomic E-state index is 0.0686. The topological polar surface area (TPSA) is 58.6 Å². The standard InChI is InChI=1S/C14H17NO3/c1-8-3-2-4-10(13(8)16)14(17)15-11-7-9-5-6-12(11)18-9/h2-4,9,11-12,16H,5-7H2,1H3,(H,15,17). The van der Waals surface area contributed by atoms with Crippen LogP contribution in [-0.2, 0) is 4.74 Å². The molecular formula is C14H17NO3. The van der Waals surface area contributed by atoms with Gasteiger partial charge in [-0.1, -0.05) is 12.1 Å². The van der Waals surface area contributed by atoms with Gasteiger partial charge in [-0.3, -0.25) is 4.79 Å². The quantitative estimate of drug-likeness (QED) is 0.837. The molecule has 0 spiro atoms. The third-order valence-electron chi connectivity index (χ3n) is 3.90. The van der Waals surface area contributed by atoms with Crippen molar-refractivity contribution >= 4 is 5.91 Å². The van der Waals surface area contributed by atoms with E-state index in [1.54, 1.807) is 25.1 Å². The Morgan fingerprint density at radius 1 is 1.44 bits per heavy atom. The molecule has 2 saturated heterocycles. The maximum atomic E-state index is 12.1. The predicted octanol–water partition coefficient (Wildman–Crippen LogP) is 1.75. The Bertz CT molecular complexity index is 486. The van der Waals surface area contributed by atoms with E-state index in [0.717, 1.165) is 19.3 Å². The smallest absolute Gasteiger partial charge is 0.255 e. The molecule has 2 bridgehead atoms. The number of carbonyl (C=O) groups is 1. The monoisotopic (exact) mass is 247 g/mol. The Labute approximate surface area is 106 Å². The first-order valence-electron chi connectivity index (χ1n) is 6.40. The van der Waals surface area contributed by atoms with Crippen LogP contribution in [-0.4, -0.2) is 29.3 Å². The molecule has 18 heavy (non-hydrogen) atoms. The second kappa shape index (κ2) is 4.28. The summed E-state index contributed by atoms with van der Waals surface area (Å²) in [6.45, 7) is 1.78. The molecule has 3 atom stereocenters. The highest BCUT2D eigenvalue weighted by Crippen LogP contribution is 2.34. The van der Waals surface area contributed by atoms with E-state index in [2.05, 4.69) is 5.32 Å². The van der Waals surface area contributed by atoms with E-state index in [9.17, 15) is 9.90 Å². The van der Waals surface area contributed by atoms with E-state index in [1.165, 1.54) is 0 Å². The molecule has 2 aliphatic heterocycles. The van der Waals surface area contributed by atoms with Gasteiger partial charge in [0.15, 0.2) is 0 Å². The van der Waals surface area contributed by atoms with Gasteiger partial charge in [0.2, 0.25) is 0 Å². The lowest BCUT2D eigenvalue weighted by Gasteiger charge is -2.20. The predicted molar refractivity (Wildman–Crippen MR) is 66.6 cm³/mol. The summed E-state index contributed by atoms with van der Waals surface area (Å²) in [7, 11) is 0. The molecule has 4 heteroatoms. The largest absolute Gasteiger partial charge is 0.507 e. The average molecular weight is 247 g/mol. The molecule has 2 heterocycles. The highest BCUT2D eigenvalue weighted by Gasteiger charge is 2.41. The van der Waals surface area contributed by atoms with Crippen LogP contribution in [0.1, 0.15) is 35.2 Å². The molecular weight excluding hydrogens is 230 g/mol. The highest BCUT2D eigenvalue weighted by molar-refractivity contribution is 5.97. The van der Waals surface area contributed by atoms with Gasteiger partial charge in [0.1, 0.15) is 5.75 Å². The number of hydrogen-bond acceptors (Lipinski definition) is 3. The van der Waals surface area contributed by atoms with Crippen LogP contribution in [0.15, 0.2) is 18.2 Å². The second-order valence-corrected chi connectivity index (χ2v) is 5.16. The number of phenolic OH excluding ortho intramolecular Hbond substituents is 1. The number of amides is 1. The highest BCUT2D eigenvalue weighted by atomic mass is 16.5. The molecule has 2 fully saturated rings. The van der Waals surface area contributed by atoms with Gasteiger partial charge in [-0.2, -0.15) is 0 Å². The number of ether oxygens (including phenoxy) is 1. The van der Waals surface area contributed by atoms with E-state index in [0.29, 0.717) is 17.2 Å². The number of benzene rings is 1. The molecule has 4 nitrogen and oxygen atoms in total. The summed E-state index contributed by atoms with van der Waals surface area (Å²) in [5, 5.41) is 12.9. The van der Waals surface area contributed by atoms with Crippen molar-refractivity contribution in [1.82, 2.24) is 5.32 Å². The zero-order valence-corrected chi connectivity index (χ0v) is 10.3. The van der Waals surface area contributed by atoms with Crippen LogP contribution in [0.3, 0.4) is 0 Å². The van der Waals surface area contributed by atoms with Crippen molar-refractivity contribution in [3.63, 3.8) is 0 Å². The maximum absolute atomic E-state index is 12.1. The molecule has 3 unspecified atom stereocenters. The molecule has 1 aromatic rings. The van der Waals surface area contributed by atoms with Crippen LogP contribution >= 0.6 is 0 Å². The molecule has 0 radical (unpaired) electrons. The van der Waals surface area contributed by atoms with Crippen LogP contribution in [0, 0.1) is 6.92 Å². The third-order valence-corrected chi connectivity index (χ3v) is 3.90. The Kier molecular flexibility index (Phi) is 2.74. The molecule has 0 saturated carbocycles. The molecule has 1 aromatic carbocycles. The molecule has 3 rings (SSSR count). The van der Waals surface area contributed by atoms with Gasteiger partial charge in [0, 0.05) is 0 Å². The summed E-state index contributed by atoms with van der Waals surface area (Å²) < 4.78 is 5.70. The first-order chi connectivity index (χ1) is 8.65. The van der Waals surface area contributed by atoms with Gasteiger partial charge in [-0.05, 0) is 37.8 Å². The fraction of sp³-hybridized carbons (Fsp3) is 0.500. The minimum Gasteiger partial charge on any atom is -0.507 e. The van der Waals surface area contributed by atoms with Crippen molar-refractivity contribution in [1.29, 1.82) is 0 Å². The molecule has 2 aliphatic rings. The number of aryl methyl sites for hydroxylation is 1. The number of rotatable bonds is 2. The fourth-order valence-electron chi connectivity index (χ4n) is 2.88. The van der Waals surface area contributed by atoms with Gasteiger partial charge in [-0.15, -0.1) is 0 Å². The van der Waals surface area contributed by atoms with E-state index in [1.807, 2.05) is 0 Å². The van der Waals surface area contributed by atoms with Crippen molar-refractivity contribution in [2.24, 2.45) is 0 Å². The van der Waals surface area contributed by atoms with Crippen LogP contribution in [0.2, 0.25) is 0 Å². The van der Waals surface area contributed by atoms with Gasteiger partial charge in [0.05, 0.1) is 23.8 Å².